The molecular formula is C10H14O2. The first kappa shape index (κ1) is 6.39. The average molecular weight is 166 g/mol. The second-order valence-corrected chi connectivity index (χ2v) is 5.65. The van der Waals surface area contributed by atoms with Gasteiger partial charge in [-0.15, -0.1) is 0 Å². The van der Waals surface area contributed by atoms with E-state index in [2.05, 4.69) is 13.8 Å². The Labute approximate surface area is 71.9 Å². The highest BCUT2D eigenvalue weighted by Crippen LogP contribution is 2.89. The zero-order chi connectivity index (χ0) is 8.35. The van der Waals surface area contributed by atoms with E-state index in [9.17, 15) is 5.11 Å². The standard InChI is InChI=1S/C10H14O2/c1-8-4-12-10(11)7-5(6(7)8)3-9(8,10)2/h5-7,11H,3-4H2,1-2H3/t5?,6-,7?,8+,9-,10-/m0/s1. The van der Waals surface area contributed by atoms with Crippen molar-refractivity contribution in [2.45, 2.75) is 26.1 Å². The van der Waals surface area contributed by atoms with Crippen LogP contribution in [-0.2, 0) is 4.74 Å². The molecule has 0 spiro atoms. The van der Waals surface area contributed by atoms with Crippen LogP contribution in [0.4, 0.5) is 0 Å². The Hall–Kier alpha value is -0.0800. The molecule has 0 radical (unpaired) electrons. The summed E-state index contributed by atoms with van der Waals surface area (Å²) in [6.07, 6.45) is 1.20. The number of hydrogen-bond acceptors (Lipinski definition) is 2. The third-order valence-corrected chi connectivity index (χ3v) is 5.64. The molecule has 2 unspecified atom stereocenters. The number of aliphatic hydroxyl groups is 1. The molecule has 0 aromatic carbocycles. The fraction of sp³-hybridized carbons (Fsp3) is 1.00. The second-order valence-electron chi connectivity index (χ2n) is 5.65. The number of rotatable bonds is 0. The lowest BCUT2D eigenvalue weighted by Crippen LogP contribution is -2.41. The summed E-state index contributed by atoms with van der Waals surface area (Å²) in [5, 5.41) is 10.4. The van der Waals surface area contributed by atoms with Gasteiger partial charge in [0, 0.05) is 16.7 Å². The topological polar surface area (TPSA) is 29.5 Å². The molecule has 2 heteroatoms. The first-order valence-corrected chi connectivity index (χ1v) is 4.91. The Morgan fingerprint density at radius 2 is 2.08 bits per heavy atom. The van der Waals surface area contributed by atoms with Crippen molar-refractivity contribution in [1.82, 2.24) is 0 Å². The van der Waals surface area contributed by atoms with Crippen LogP contribution in [0, 0.1) is 28.6 Å². The Morgan fingerprint density at radius 1 is 1.33 bits per heavy atom. The summed E-state index contributed by atoms with van der Waals surface area (Å²) in [5.74, 6) is 1.37. The van der Waals surface area contributed by atoms with Crippen molar-refractivity contribution in [1.29, 1.82) is 0 Å². The molecule has 1 heterocycles. The van der Waals surface area contributed by atoms with E-state index in [-0.39, 0.29) is 5.41 Å². The lowest BCUT2D eigenvalue weighted by Gasteiger charge is -2.34. The number of hydrogen-bond donors (Lipinski definition) is 1. The molecule has 66 valence electrons. The van der Waals surface area contributed by atoms with E-state index in [0.29, 0.717) is 11.3 Å². The minimum Gasteiger partial charge on any atom is -0.365 e. The Bertz CT molecular complexity index is 276. The number of ether oxygens (including phenoxy) is 1. The quantitative estimate of drug-likeness (QED) is 0.581. The van der Waals surface area contributed by atoms with Gasteiger partial charge in [0.05, 0.1) is 6.61 Å². The highest BCUT2D eigenvalue weighted by molar-refractivity contribution is 5.36. The van der Waals surface area contributed by atoms with Crippen LogP contribution < -0.4 is 0 Å². The molecule has 6 atom stereocenters. The molecule has 1 saturated heterocycles. The maximum Gasteiger partial charge on any atom is 0.174 e. The van der Waals surface area contributed by atoms with Gasteiger partial charge in [0.15, 0.2) is 5.79 Å². The van der Waals surface area contributed by atoms with E-state index in [1.165, 1.54) is 6.42 Å². The van der Waals surface area contributed by atoms with Gasteiger partial charge in [0.1, 0.15) is 0 Å². The summed E-state index contributed by atoms with van der Waals surface area (Å²) in [4.78, 5) is 0. The molecule has 5 aliphatic rings. The van der Waals surface area contributed by atoms with E-state index in [1.807, 2.05) is 0 Å². The van der Waals surface area contributed by atoms with Crippen LogP contribution in [0.15, 0.2) is 0 Å². The molecule has 2 nitrogen and oxygen atoms in total. The Morgan fingerprint density at radius 3 is 2.42 bits per heavy atom. The Kier molecular flexibility index (Phi) is 0.639. The molecule has 0 amide bonds. The predicted molar refractivity (Wildman–Crippen MR) is 42.2 cm³/mol. The largest absolute Gasteiger partial charge is 0.365 e. The van der Waals surface area contributed by atoms with E-state index >= 15 is 0 Å². The lowest BCUT2D eigenvalue weighted by molar-refractivity contribution is -0.220. The smallest absolute Gasteiger partial charge is 0.174 e. The first-order valence-electron chi connectivity index (χ1n) is 4.91. The molecule has 5 rings (SSSR count). The third kappa shape index (κ3) is 0.293. The van der Waals surface area contributed by atoms with Crippen molar-refractivity contribution in [3.63, 3.8) is 0 Å². The lowest BCUT2D eigenvalue weighted by atomic mass is 9.70. The van der Waals surface area contributed by atoms with Gasteiger partial charge < -0.3 is 9.84 Å². The fourth-order valence-corrected chi connectivity index (χ4v) is 4.80. The van der Waals surface area contributed by atoms with Crippen molar-refractivity contribution >= 4 is 0 Å². The second kappa shape index (κ2) is 1.20. The van der Waals surface area contributed by atoms with Gasteiger partial charge >= 0.3 is 0 Å². The van der Waals surface area contributed by atoms with Crippen LogP contribution in [0.5, 0.6) is 0 Å². The van der Waals surface area contributed by atoms with E-state index in [0.717, 1.165) is 18.4 Å². The van der Waals surface area contributed by atoms with Crippen LogP contribution in [0.25, 0.3) is 0 Å². The van der Waals surface area contributed by atoms with Gasteiger partial charge in [-0.3, -0.25) is 0 Å². The average Bonchev–Trinajstić information content (AvgIpc) is 2.51. The van der Waals surface area contributed by atoms with Gasteiger partial charge in [-0.2, -0.15) is 0 Å². The van der Waals surface area contributed by atoms with E-state index in [1.54, 1.807) is 0 Å². The molecule has 4 saturated carbocycles. The van der Waals surface area contributed by atoms with Crippen LogP contribution in [0.2, 0.25) is 0 Å². The summed E-state index contributed by atoms with van der Waals surface area (Å²) in [7, 11) is 0. The molecule has 0 aromatic rings. The summed E-state index contributed by atoms with van der Waals surface area (Å²) >= 11 is 0. The zero-order valence-electron chi connectivity index (χ0n) is 7.50. The molecule has 1 aliphatic heterocycles. The SMILES string of the molecule is C[C@]12CC3C4[C@H]3[C@@]1(C)CO[C@@]42O. The zero-order valence-corrected chi connectivity index (χ0v) is 7.50. The minimum atomic E-state index is -0.725. The van der Waals surface area contributed by atoms with Gasteiger partial charge in [0.25, 0.3) is 0 Å². The highest BCUT2D eigenvalue weighted by atomic mass is 16.6. The van der Waals surface area contributed by atoms with Crippen LogP contribution in [0.1, 0.15) is 20.3 Å². The summed E-state index contributed by atoms with van der Waals surface area (Å²) in [6.45, 7) is 5.32. The monoisotopic (exact) mass is 166 g/mol. The first-order chi connectivity index (χ1) is 5.55. The van der Waals surface area contributed by atoms with Gasteiger partial charge in [-0.1, -0.05) is 13.8 Å². The molecule has 5 fully saturated rings. The molecule has 0 aromatic heterocycles. The third-order valence-electron chi connectivity index (χ3n) is 5.64. The van der Waals surface area contributed by atoms with Crippen molar-refractivity contribution in [3.8, 4) is 0 Å². The van der Waals surface area contributed by atoms with Crippen LogP contribution in [-0.4, -0.2) is 17.5 Å². The van der Waals surface area contributed by atoms with Crippen molar-refractivity contribution < 1.29 is 9.84 Å². The predicted octanol–water partition coefficient (Wildman–Crippen LogP) is 0.997. The van der Waals surface area contributed by atoms with Gasteiger partial charge in [0.2, 0.25) is 0 Å². The van der Waals surface area contributed by atoms with Crippen molar-refractivity contribution in [3.05, 3.63) is 0 Å². The summed E-state index contributed by atoms with van der Waals surface area (Å²) in [6, 6.07) is 0. The molecule has 4 aliphatic carbocycles. The molecule has 1 N–H and O–H groups in total. The fourth-order valence-electron chi connectivity index (χ4n) is 4.80. The van der Waals surface area contributed by atoms with Crippen LogP contribution in [0.3, 0.4) is 0 Å². The van der Waals surface area contributed by atoms with Crippen LogP contribution >= 0.6 is 0 Å². The normalized spacial score (nSPS) is 81.8. The van der Waals surface area contributed by atoms with Gasteiger partial charge in [-0.25, -0.2) is 0 Å². The summed E-state index contributed by atoms with van der Waals surface area (Å²) in [5.41, 5.74) is 0.386. The maximum atomic E-state index is 10.4. The molecular weight excluding hydrogens is 152 g/mol. The highest BCUT2D eigenvalue weighted by Gasteiger charge is 2.93. The molecule has 12 heavy (non-hydrogen) atoms. The maximum absolute atomic E-state index is 10.4. The van der Waals surface area contributed by atoms with E-state index in [4.69, 9.17) is 4.74 Å². The Balaban J connectivity index is 2.07. The van der Waals surface area contributed by atoms with Gasteiger partial charge in [-0.05, 0) is 18.3 Å². The molecule has 6 bridgehead atoms. The minimum absolute atomic E-state index is 0.0833. The van der Waals surface area contributed by atoms with Crippen molar-refractivity contribution in [2.24, 2.45) is 28.6 Å². The summed E-state index contributed by atoms with van der Waals surface area (Å²) < 4.78 is 5.61. The van der Waals surface area contributed by atoms with Crippen molar-refractivity contribution in [2.75, 3.05) is 6.61 Å². The van der Waals surface area contributed by atoms with E-state index < -0.39 is 5.79 Å².